The largest absolute Gasteiger partial charge is 0.507 e. The van der Waals surface area contributed by atoms with Gasteiger partial charge in [0.15, 0.2) is 28.8 Å². The van der Waals surface area contributed by atoms with Gasteiger partial charge >= 0.3 is 0 Å². The van der Waals surface area contributed by atoms with Crippen LogP contribution in [-0.2, 0) is 14.2 Å². The molecule has 0 spiro atoms. The number of aromatic hydroxyl groups is 3. The Hall–Kier alpha value is -3.55. The molecular formula is C28H32O16. The van der Waals surface area contributed by atoms with Gasteiger partial charge in [-0.2, -0.15) is 0 Å². The molecule has 2 aliphatic heterocycles. The van der Waals surface area contributed by atoms with Gasteiger partial charge in [0.2, 0.25) is 0 Å². The van der Waals surface area contributed by atoms with Gasteiger partial charge in [-0.15, -0.1) is 0 Å². The maximum absolute atomic E-state index is 13.3. The van der Waals surface area contributed by atoms with Crippen LogP contribution in [0.25, 0.3) is 22.3 Å². The van der Waals surface area contributed by atoms with E-state index < -0.39 is 102 Å². The normalized spacial score (nSPS) is 32.5. The second kappa shape index (κ2) is 12.4. The second-order valence-corrected chi connectivity index (χ2v) is 10.5. The van der Waals surface area contributed by atoms with Crippen LogP contribution in [0.4, 0.5) is 0 Å². The zero-order valence-electron chi connectivity index (χ0n) is 23.0. The van der Waals surface area contributed by atoms with Crippen molar-refractivity contribution in [1.29, 1.82) is 0 Å². The molecule has 44 heavy (non-hydrogen) atoms. The van der Waals surface area contributed by atoms with Crippen molar-refractivity contribution >= 4 is 11.0 Å². The lowest BCUT2D eigenvalue weighted by Gasteiger charge is -2.46. The topological polar surface area (TPSA) is 269 Å². The molecule has 0 bridgehead atoms. The van der Waals surface area contributed by atoms with Crippen LogP contribution >= 0.6 is 0 Å². The molecule has 3 aromatic rings. The first kappa shape index (κ1) is 31.9. The van der Waals surface area contributed by atoms with E-state index >= 15 is 0 Å². The third kappa shape index (κ3) is 5.45. The number of ether oxygens (including phenoxy) is 4. The summed E-state index contributed by atoms with van der Waals surface area (Å²) in [5.41, 5.74) is -1.39. The Kier molecular flexibility index (Phi) is 9.01. The fourth-order valence-corrected chi connectivity index (χ4v) is 5.38. The number of phenolic OH excluding ortho intramolecular Hbond substituents is 3. The molecule has 2 fully saturated rings. The summed E-state index contributed by atoms with van der Waals surface area (Å²) in [5.74, 6) is -1.70. The lowest BCUT2D eigenvalue weighted by molar-refractivity contribution is -0.342. The standard InChI is InChI=1S/C28H32O16/c1-40-15-4-9(2-3-10(15)31)14-6-13(34)18-11(32)5-12(33)19(25(18)41-14)26-27(23(38)21(36)16(7-29)42-26)44-28-24(39)22(37)20(35)17(8-30)43-28/h2-6,16-17,20-24,26-33,35-39H,7-8H2,1H3/t16?,17?,20-,21-,22+,23+,24?,26+,27?,28+/m1/s1. The molecule has 2 aliphatic rings. The van der Waals surface area contributed by atoms with Crippen LogP contribution < -0.4 is 10.2 Å². The summed E-state index contributed by atoms with van der Waals surface area (Å²) in [6, 6.07) is 5.86. The number of fused-ring (bicyclic) bond motifs is 1. The van der Waals surface area contributed by atoms with E-state index in [9.17, 15) is 55.9 Å². The predicted molar refractivity (Wildman–Crippen MR) is 145 cm³/mol. The first-order chi connectivity index (χ1) is 20.9. The summed E-state index contributed by atoms with van der Waals surface area (Å²) >= 11 is 0. The monoisotopic (exact) mass is 624 g/mol. The molecule has 4 unspecified atom stereocenters. The van der Waals surface area contributed by atoms with Crippen LogP contribution in [0, 0.1) is 0 Å². The number of methoxy groups -OCH3 is 1. The molecule has 2 saturated heterocycles. The fraction of sp³-hybridized carbons (Fsp3) is 0.464. The fourth-order valence-electron chi connectivity index (χ4n) is 5.38. The van der Waals surface area contributed by atoms with Crippen molar-refractivity contribution in [1.82, 2.24) is 0 Å². The van der Waals surface area contributed by atoms with Crippen LogP contribution in [0.1, 0.15) is 11.7 Å². The van der Waals surface area contributed by atoms with E-state index in [4.69, 9.17) is 23.4 Å². The molecule has 0 saturated carbocycles. The van der Waals surface area contributed by atoms with Gasteiger partial charge in [0.1, 0.15) is 77.6 Å². The van der Waals surface area contributed by atoms with Gasteiger partial charge in [-0.05, 0) is 18.2 Å². The van der Waals surface area contributed by atoms with Gasteiger partial charge in [-0.25, -0.2) is 0 Å². The average Bonchev–Trinajstić information content (AvgIpc) is 3.00. The molecule has 16 heteroatoms. The van der Waals surface area contributed by atoms with Gasteiger partial charge in [0.25, 0.3) is 0 Å². The summed E-state index contributed by atoms with van der Waals surface area (Å²) in [6.07, 6.45) is -17.5. The van der Waals surface area contributed by atoms with Crippen LogP contribution in [0.2, 0.25) is 0 Å². The molecule has 0 aliphatic carbocycles. The molecule has 10 N–H and O–H groups in total. The number of hydrogen-bond donors (Lipinski definition) is 10. The van der Waals surface area contributed by atoms with Gasteiger partial charge in [0, 0.05) is 17.7 Å². The zero-order valence-corrected chi connectivity index (χ0v) is 23.0. The summed E-state index contributed by atoms with van der Waals surface area (Å²) in [5, 5.41) is 103. The lowest BCUT2D eigenvalue weighted by Crippen LogP contribution is -2.62. The molecule has 3 heterocycles. The Morgan fingerprint density at radius 3 is 2.09 bits per heavy atom. The summed E-state index contributed by atoms with van der Waals surface area (Å²) in [4.78, 5) is 13.3. The van der Waals surface area contributed by atoms with Crippen molar-refractivity contribution in [2.75, 3.05) is 20.3 Å². The maximum Gasteiger partial charge on any atom is 0.197 e. The quantitative estimate of drug-likeness (QED) is 0.135. The van der Waals surface area contributed by atoms with E-state index in [1.807, 2.05) is 0 Å². The first-order valence-corrected chi connectivity index (χ1v) is 13.4. The molecule has 2 aromatic carbocycles. The minimum atomic E-state index is -1.94. The summed E-state index contributed by atoms with van der Waals surface area (Å²) in [7, 11) is 1.30. The Morgan fingerprint density at radius 1 is 0.773 bits per heavy atom. The minimum Gasteiger partial charge on any atom is -0.507 e. The van der Waals surface area contributed by atoms with Crippen molar-refractivity contribution in [3.8, 4) is 34.3 Å². The Morgan fingerprint density at radius 2 is 1.43 bits per heavy atom. The Balaban J connectivity index is 1.67. The van der Waals surface area contributed by atoms with Gasteiger partial charge < -0.3 is 74.4 Å². The smallest absolute Gasteiger partial charge is 0.197 e. The first-order valence-electron chi connectivity index (χ1n) is 13.4. The van der Waals surface area contributed by atoms with Crippen molar-refractivity contribution in [3.05, 3.63) is 46.1 Å². The van der Waals surface area contributed by atoms with Crippen molar-refractivity contribution in [3.63, 3.8) is 0 Å². The van der Waals surface area contributed by atoms with Gasteiger partial charge in [0.05, 0.1) is 25.9 Å². The zero-order chi connectivity index (χ0) is 32.0. The Labute approximate surface area is 247 Å². The molecular weight excluding hydrogens is 592 g/mol. The van der Waals surface area contributed by atoms with E-state index in [0.29, 0.717) is 0 Å². The lowest BCUT2D eigenvalue weighted by atomic mass is 9.89. The number of hydrogen-bond acceptors (Lipinski definition) is 16. The molecule has 0 amide bonds. The average molecular weight is 625 g/mol. The highest BCUT2D eigenvalue weighted by Crippen LogP contribution is 2.45. The highest BCUT2D eigenvalue weighted by Gasteiger charge is 2.52. The molecule has 0 radical (unpaired) electrons. The number of benzene rings is 2. The molecule has 1 aromatic heterocycles. The van der Waals surface area contributed by atoms with Crippen LogP contribution in [0.3, 0.4) is 0 Å². The summed E-state index contributed by atoms with van der Waals surface area (Å²) < 4.78 is 28.0. The van der Waals surface area contributed by atoms with E-state index in [1.54, 1.807) is 0 Å². The molecule has 5 rings (SSSR count). The van der Waals surface area contributed by atoms with Crippen LogP contribution in [-0.4, -0.2) is 127 Å². The molecule has 240 valence electrons. The van der Waals surface area contributed by atoms with Crippen LogP contribution in [0.5, 0.6) is 23.0 Å². The van der Waals surface area contributed by atoms with E-state index in [-0.39, 0.29) is 28.4 Å². The van der Waals surface area contributed by atoms with Gasteiger partial charge in [-0.1, -0.05) is 0 Å². The maximum atomic E-state index is 13.3. The number of aliphatic hydroxyl groups excluding tert-OH is 7. The van der Waals surface area contributed by atoms with E-state index in [1.165, 1.54) is 25.3 Å². The predicted octanol–water partition coefficient (Wildman–Crippen LogP) is -2.08. The van der Waals surface area contributed by atoms with Crippen molar-refractivity contribution in [2.24, 2.45) is 0 Å². The third-order valence-electron chi connectivity index (χ3n) is 7.75. The molecule has 16 nitrogen and oxygen atoms in total. The van der Waals surface area contributed by atoms with E-state index in [0.717, 1.165) is 12.1 Å². The van der Waals surface area contributed by atoms with Crippen molar-refractivity contribution < 1.29 is 74.4 Å². The van der Waals surface area contributed by atoms with E-state index in [2.05, 4.69) is 0 Å². The highest BCUT2D eigenvalue weighted by atomic mass is 16.7. The number of rotatable bonds is 7. The molecule has 10 atom stereocenters. The number of aliphatic hydroxyl groups is 7. The number of phenols is 3. The summed E-state index contributed by atoms with van der Waals surface area (Å²) in [6.45, 7) is -1.63. The second-order valence-electron chi connectivity index (χ2n) is 10.5. The van der Waals surface area contributed by atoms with Crippen molar-refractivity contribution in [2.45, 2.75) is 61.2 Å². The minimum absolute atomic E-state index is 0.0377. The van der Waals surface area contributed by atoms with Gasteiger partial charge in [-0.3, -0.25) is 4.79 Å². The van der Waals surface area contributed by atoms with Crippen LogP contribution in [0.15, 0.2) is 39.5 Å². The third-order valence-corrected chi connectivity index (χ3v) is 7.75. The Bertz CT molecular complexity index is 1550. The highest BCUT2D eigenvalue weighted by molar-refractivity contribution is 5.89. The SMILES string of the molecule is COc1cc(-c2cc(=O)c3c(O)cc(O)c([C@@H]4OC(CO)[C@@H](O)[C@H](O)C4O[C@@H]4OC(CO)[C@@H](O)[C@H](O)C4O)c3o2)ccc1O.